The van der Waals surface area contributed by atoms with Gasteiger partial charge in [-0.2, -0.15) is 5.10 Å². The third-order valence-corrected chi connectivity index (χ3v) is 4.71. The molecule has 6 nitrogen and oxygen atoms in total. The van der Waals surface area contributed by atoms with Crippen LogP contribution in [0.25, 0.3) is 0 Å². The summed E-state index contributed by atoms with van der Waals surface area (Å²) in [7, 11) is 0. The Morgan fingerprint density at radius 1 is 1.25 bits per heavy atom. The van der Waals surface area contributed by atoms with Crippen molar-refractivity contribution in [3.05, 3.63) is 74.2 Å². The van der Waals surface area contributed by atoms with Crippen LogP contribution >= 0.6 is 27.7 Å². The van der Waals surface area contributed by atoms with Crippen LogP contribution in [0.5, 0.6) is 0 Å². The molecular formula is C16H14BrN3O3S. The average Bonchev–Trinajstić information content (AvgIpc) is 2.57. The van der Waals surface area contributed by atoms with E-state index in [0.29, 0.717) is 11.3 Å². The minimum absolute atomic E-state index is 0.0136. The van der Waals surface area contributed by atoms with Gasteiger partial charge >= 0.3 is 0 Å². The molecule has 0 saturated heterocycles. The van der Waals surface area contributed by atoms with Gasteiger partial charge in [0.2, 0.25) is 5.91 Å². The van der Waals surface area contributed by atoms with Crippen molar-refractivity contribution < 1.29 is 9.72 Å². The first kappa shape index (κ1) is 18.2. The Morgan fingerprint density at radius 3 is 2.62 bits per heavy atom. The van der Waals surface area contributed by atoms with Crippen molar-refractivity contribution in [3.63, 3.8) is 0 Å². The maximum atomic E-state index is 11.7. The average molecular weight is 408 g/mol. The van der Waals surface area contributed by atoms with Crippen LogP contribution in [-0.4, -0.2) is 22.8 Å². The highest BCUT2D eigenvalue weighted by molar-refractivity contribution is 9.10. The zero-order valence-electron chi connectivity index (χ0n) is 12.5. The molecule has 2 rings (SSSR count). The number of thioether (sulfide) groups is 1. The van der Waals surface area contributed by atoms with Crippen molar-refractivity contribution >= 4 is 45.5 Å². The molecule has 0 saturated carbocycles. The third-order valence-electron chi connectivity index (χ3n) is 2.96. The summed E-state index contributed by atoms with van der Waals surface area (Å²) in [5.41, 5.74) is 4.24. The Labute approximate surface area is 151 Å². The van der Waals surface area contributed by atoms with Crippen molar-refractivity contribution in [1.82, 2.24) is 5.43 Å². The fraction of sp³-hybridized carbons (Fsp3) is 0.125. The van der Waals surface area contributed by atoms with E-state index in [9.17, 15) is 14.9 Å². The standard InChI is InChI=1S/C16H14BrN3O3S/c17-15-4-2-1-3-13(15)10-24-11-16(21)19-18-9-12-5-7-14(8-6-12)20(22)23/h1-9H,10-11H2,(H,19,21). The molecule has 0 spiro atoms. The van der Waals surface area contributed by atoms with Gasteiger partial charge in [-0.1, -0.05) is 34.1 Å². The van der Waals surface area contributed by atoms with E-state index in [1.807, 2.05) is 24.3 Å². The molecule has 24 heavy (non-hydrogen) atoms. The van der Waals surface area contributed by atoms with Gasteiger partial charge in [-0.3, -0.25) is 14.9 Å². The van der Waals surface area contributed by atoms with Crippen LogP contribution in [0.15, 0.2) is 58.1 Å². The maximum Gasteiger partial charge on any atom is 0.269 e. The predicted octanol–water partition coefficient (Wildman–Crippen LogP) is 3.74. The summed E-state index contributed by atoms with van der Waals surface area (Å²) in [6.07, 6.45) is 1.44. The number of halogens is 1. The van der Waals surface area contributed by atoms with Crippen LogP contribution in [0.1, 0.15) is 11.1 Å². The Morgan fingerprint density at radius 2 is 1.96 bits per heavy atom. The number of amides is 1. The molecular weight excluding hydrogens is 394 g/mol. The van der Waals surface area contributed by atoms with E-state index in [2.05, 4.69) is 26.5 Å². The van der Waals surface area contributed by atoms with Gasteiger partial charge in [-0.15, -0.1) is 11.8 Å². The van der Waals surface area contributed by atoms with Gasteiger partial charge in [0, 0.05) is 22.4 Å². The summed E-state index contributed by atoms with van der Waals surface area (Å²) in [6, 6.07) is 13.8. The molecule has 2 aromatic carbocycles. The van der Waals surface area contributed by atoms with E-state index in [1.165, 1.54) is 30.1 Å². The number of nitro groups is 1. The number of hydrogen-bond donors (Lipinski definition) is 1. The minimum atomic E-state index is -0.467. The molecule has 0 aliphatic carbocycles. The molecule has 0 aliphatic rings. The van der Waals surface area contributed by atoms with E-state index < -0.39 is 4.92 Å². The fourth-order valence-electron chi connectivity index (χ4n) is 1.76. The van der Waals surface area contributed by atoms with Crippen LogP contribution in [0.4, 0.5) is 5.69 Å². The molecule has 1 N–H and O–H groups in total. The summed E-state index contributed by atoms with van der Waals surface area (Å²) >= 11 is 4.95. The molecule has 0 aliphatic heterocycles. The molecule has 0 radical (unpaired) electrons. The molecule has 2 aromatic rings. The first-order chi connectivity index (χ1) is 11.6. The van der Waals surface area contributed by atoms with E-state index >= 15 is 0 Å². The Bertz CT molecular complexity index is 750. The number of benzene rings is 2. The van der Waals surface area contributed by atoms with Gasteiger partial charge in [-0.25, -0.2) is 5.43 Å². The van der Waals surface area contributed by atoms with Crippen molar-refractivity contribution in [2.75, 3.05) is 5.75 Å². The molecule has 0 fully saturated rings. The number of carbonyl (C=O) groups is 1. The first-order valence-electron chi connectivity index (χ1n) is 6.94. The first-order valence-corrected chi connectivity index (χ1v) is 8.88. The minimum Gasteiger partial charge on any atom is -0.272 e. The fourth-order valence-corrected chi connectivity index (χ4v) is 3.20. The van der Waals surface area contributed by atoms with Gasteiger partial charge in [0.15, 0.2) is 0 Å². The molecule has 0 heterocycles. The number of carbonyl (C=O) groups excluding carboxylic acids is 1. The zero-order chi connectivity index (χ0) is 17.4. The number of nitrogens with zero attached hydrogens (tertiary/aromatic N) is 2. The predicted molar refractivity (Wildman–Crippen MR) is 99.1 cm³/mol. The zero-order valence-corrected chi connectivity index (χ0v) is 14.9. The second kappa shape index (κ2) is 9.19. The smallest absolute Gasteiger partial charge is 0.269 e. The Balaban J connectivity index is 1.74. The van der Waals surface area contributed by atoms with Gasteiger partial charge in [-0.05, 0) is 29.3 Å². The van der Waals surface area contributed by atoms with E-state index in [0.717, 1.165) is 15.8 Å². The second-order valence-electron chi connectivity index (χ2n) is 4.73. The highest BCUT2D eigenvalue weighted by Gasteiger charge is 2.04. The van der Waals surface area contributed by atoms with Crippen LogP contribution < -0.4 is 5.43 Å². The maximum absolute atomic E-state index is 11.7. The van der Waals surface area contributed by atoms with Crippen LogP contribution in [0.2, 0.25) is 0 Å². The SMILES string of the molecule is O=C(CSCc1ccccc1Br)NN=Cc1ccc([N+](=O)[O-])cc1. The lowest BCUT2D eigenvalue weighted by atomic mass is 10.2. The lowest BCUT2D eigenvalue weighted by Gasteiger charge is -2.03. The van der Waals surface area contributed by atoms with Gasteiger partial charge in [0.25, 0.3) is 5.69 Å². The van der Waals surface area contributed by atoms with Crippen molar-refractivity contribution in [3.8, 4) is 0 Å². The number of rotatable bonds is 7. The summed E-state index contributed by atoms with van der Waals surface area (Å²) in [4.78, 5) is 21.8. The molecule has 8 heteroatoms. The third kappa shape index (κ3) is 5.78. The topological polar surface area (TPSA) is 84.6 Å². The van der Waals surface area contributed by atoms with E-state index in [4.69, 9.17) is 0 Å². The highest BCUT2D eigenvalue weighted by Crippen LogP contribution is 2.21. The Hall–Kier alpha value is -2.19. The molecule has 0 bridgehead atoms. The number of nitro benzene ring substituents is 1. The molecule has 0 aromatic heterocycles. The number of hydrogen-bond acceptors (Lipinski definition) is 5. The summed E-state index contributed by atoms with van der Waals surface area (Å²) in [5, 5.41) is 14.4. The van der Waals surface area contributed by atoms with E-state index in [-0.39, 0.29) is 11.6 Å². The number of non-ortho nitro benzene ring substituents is 1. The van der Waals surface area contributed by atoms with E-state index in [1.54, 1.807) is 12.1 Å². The normalized spacial score (nSPS) is 10.7. The van der Waals surface area contributed by atoms with Crippen LogP contribution in [-0.2, 0) is 10.5 Å². The lowest BCUT2D eigenvalue weighted by molar-refractivity contribution is -0.384. The van der Waals surface area contributed by atoms with Crippen molar-refractivity contribution in [2.24, 2.45) is 5.10 Å². The monoisotopic (exact) mass is 407 g/mol. The van der Waals surface area contributed by atoms with Gasteiger partial charge in [0.1, 0.15) is 0 Å². The van der Waals surface area contributed by atoms with Crippen molar-refractivity contribution in [1.29, 1.82) is 0 Å². The quantitative estimate of drug-likeness (QED) is 0.430. The largest absolute Gasteiger partial charge is 0.272 e. The van der Waals surface area contributed by atoms with Gasteiger partial charge in [0.05, 0.1) is 16.9 Å². The number of hydrazone groups is 1. The molecule has 0 atom stereocenters. The summed E-state index contributed by atoms with van der Waals surface area (Å²) in [6.45, 7) is 0. The number of nitrogens with one attached hydrogen (secondary N) is 1. The lowest BCUT2D eigenvalue weighted by Crippen LogP contribution is -2.19. The summed E-state index contributed by atoms with van der Waals surface area (Å²) < 4.78 is 1.02. The second-order valence-corrected chi connectivity index (χ2v) is 6.57. The summed E-state index contributed by atoms with van der Waals surface area (Å²) in [5.74, 6) is 0.810. The molecule has 0 unspecified atom stereocenters. The van der Waals surface area contributed by atoms with Crippen LogP contribution in [0, 0.1) is 10.1 Å². The van der Waals surface area contributed by atoms with Gasteiger partial charge < -0.3 is 0 Å². The van der Waals surface area contributed by atoms with Crippen molar-refractivity contribution in [2.45, 2.75) is 5.75 Å². The highest BCUT2D eigenvalue weighted by atomic mass is 79.9. The van der Waals surface area contributed by atoms with Crippen LogP contribution in [0.3, 0.4) is 0 Å². The Kier molecular flexibility index (Phi) is 6.95. The molecule has 1 amide bonds. The molecule has 124 valence electrons.